The Labute approximate surface area is 890 Å². The summed E-state index contributed by atoms with van der Waals surface area (Å²) in [6.45, 7) is 39.9. The molecule has 0 saturated carbocycles. The van der Waals surface area contributed by atoms with E-state index in [1.54, 1.807) is 43.3 Å². The van der Waals surface area contributed by atoms with Crippen molar-refractivity contribution in [1.29, 1.82) is 0 Å². The fourth-order valence-corrected chi connectivity index (χ4v) is 12.9. The van der Waals surface area contributed by atoms with Gasteiger partial charge < -0.3 is 15.5 Å². The number of rotatable bonds is 5. The molecule has 0 bridgehead atoms. The quantitative estimate of drug-likeness (QED) is 0.0595. The Balaban J connectivity index is -0.000000273. The highest BCUT2D eigenvalue weighted by atomic mass is 79.9. The van der Waals surface area contributed by atoms with E-state index < -0.39 is 12.8 Å². The number of para-hydroxylation sites is 2. The number of hydrogen-bond donors (Lipinski definition) is 1. The van der Waals surface area contributed by atoms with Crippen molar-refractivity contribution >= 4 is 171 Å². The lowest BCUT2D eigenvalue weighted by molar-refractivity contribution is -0.385. The van der Waals surface area contributed by atoms with Crippen LogP contribution < -0.4 is 22.1 Å². The van der Waals surface area contributed by atoms with Gasteiger partial charge in [-0.2, -0.15) is 54.0 Å². The van der Waals surface area contributed by atoms with E-state index in [-0.39, 0.29) is 94.8 Å². The Hall–Kier alpha value is -13.1. The van der Waals surface area contributed by atoms with Crippen LogP contribution in [-0.4, -0.2) is 34.0 Å². The first kappa shape index (κ1) is 140. The lowest BCUT2D eigenvalue weighted by Gasteiger charge is -2.32. The summed E-state index contributed by atoms with van der Waals surface area (Å²) in [5, 5.41) is 33.8. The molecule has 1 fully saturated rings. The van der Waals surface area contributed by atoms with Gasteiger partial charge in [-0.3, -0.25) is 20.2 Å². The van der Waals surface area contributed by atoms with Crippen molar-refractivity contribution in [3.05, 3.63) is 546 Å². The number of alkyl halides is 1. The van der Waals surface area contributed by atoms with Crippen molar-refractivity contribution in [3.8, 4) is 0 Å². The number of halogens is 2. The summed E-state index contributed by atoms with van der Waals surface area (Å²) in [7, 11) is -0.511. The van der Waals surface area contributed by atoms with Gasteiger partial charge in [0, 0.05) is 44.6 Å². The molecule has 0 aromatic heterocycles. The van der Waals surface area contributed by atoms with E-state index in [9.17, 15) is 20.2 Å². The van der Waals surface area contributed by atoms with Gasteiger partial charge in [0.1, 0.15) is 0 Å². The highest BCUT2D eigenvalue weighted by molar-refractivity contribution is 9.10. The Morgan fingerprint density at radius 3 is 0.693 bits per heavy atom. The van der Waals surface area contributed by atoms with Crippen LogP contribution in [0.3, 0.4) is 0 Å². The topological polar surface area (TPSA) is 140 Å². The summed E-state index contributed by atoms with van der Waals surface area (Å²) in [6.07, 6.45) is 0. The molecule has 18 aromatic rings. The van der Waals surface area contributed by atoms with Crippen molar-refractivity contribution in [2.24, 2.45) is 0 Å². The second-order valence-corrected chi connectivity index (χ2v) is 28.8. The third-order valence-corrected chi connectivity index (χ3v) is 19.7. The number of hydrogen-bond acceptors (Lipinski definition) is 7. The number of nitro benzene ring substituents is 2. The summed E-state index contributed by atoms with van der Waals surface area (Å²) in [5.41, 5.74) is 0.663. The van der Waals surface area contributed by atoms with Gasteiger partial charge in [0.05, 0.1) is 25.5 Å². The van der Waals surface area contributed by atoms with Crippen molar-refractivity contribution < 1.29 is 19.2 Å². The maximum atomic E-state index is 10.2. The van der Waals surface area contributed by atoms with Crippen LogP contribution in [-0.2, 0) is 9.31 Å². The summed E-state index contributed by atoms with van der Waals surface area (Å²) in [5.74, 6) is 1.81. The summed E-state index contributed by atoms with van der Waals surface area (Å²) >= 11 is 5.99. The zero-order chi connectivity index (χ0) is 100. The predicted octanol–water partition coefficient (Wildman–Crippen LogP) is 34.4. The van der Waals surface area contributed by atoms with Gasteiger partial charge in [-0.15, -0.1) is 0 Å². The normalized spacial score (nSPS) is 9.24. The minimum absolute atomic E-state index is 0. The molecular weight excluding hydrogens is 1950 g/mol. The first-order chi connectivity index (χ1) is 66.1. The molecule has 0 radical (unpaired) electrons. The Morgan fingerprint density at radius 2 is 0.493 bits per heavy atom. The Morgan fingerprint density at radius 1 is 0.279 bits per heavy atom. The first-order valence-corrected chi connectivity index (χ1v) is 48.8. The molecular formula is C123H141BBr2N3O6PS4. The molecule has 0 amide bonds. The van der Waals surface area contributed by atoms with Crippen LogP contribution in [0.1, 0.15) is 130 Å². The summed E-state index contributed by atoms with van der Waals surface area (Å²) < 4.78 is 11.6. The number of fused-ring (bicyclic) bond motifs is 4. The van der Waals surface area contributed by atoms with Gasteiger partial charge in [-0.05, 0) is 237 Å². The minimum atomic E-state index is -0.446. The molecule has 1 saturated heterocycles. The molecule has 1 aliphatic heterocycles. The minimum Gasteiger partial charge on any atom is -0.403 e. The largest absolute Gasteiger partial charge is 0.454 e. The molecule has 19 rings (SSSR count). The van der Waals surface area contributed by atoms with E-state index in [2.05, 4.69) is 278 Å². The molecule has 0 spiro atoms. The third kappa shape index (κ3) is 63.4. The average molecular weight is 2090 g/mol. The predicted molar refractivity (Wildman–Crippen MR) is 634 cm³/mol. The lowest BCUT2D eigenvalue weighted by Crippen LogP contribution is -2.41. The number of aryl methyl sites for hydroxylation is 1. The molecule has 0 unspecified atom stereocenters. The lowest BCUT2D eigenvalue weighted by atomic mass is 9.90. The fraction of sp³-hybridized carbons (Fsp3) is 0.187. The molecule has 140 heavy (non-hydrogen) atoms. The molecule has 0 aliphatic carbocycles. The van der Waals surface area contributed by atoms with E-state index in [1.165, 1.54) is 44.2 Å². The zero-order valence-electron chi connectivity index (χ0n) is 85.0. The molecule has 18 aromatic carbocycles. The highest BCUT2D eigenvalue weighted by Crippen LogP contribution is 2.36. The standard InChI is InChI=1S/C18H15P.3C10H6.C10H4.C7H15BO2.C7H7NO2.C6H4BrNO2.C6H6.4C6H4.7C2H6.CH3Br.H3N.4H2S/c1-4-10-16(11-5-1)19(17-12-6-2-7-13-17)18-14-8-3-9-15-18;4*1-2-6-10-8-4-3-7-9(10)5-1;1-6(2)7(3,4)10-8(5)9-6;1-6-4-2-3-5-7(6)8(9)10;7-5-3-1-2-4-6(5)8(9)10;5*1-2-4-6-5-3-1;8*1-2;;;;;/h1-15H;3*1-3,5-7H;1-2,5-6H;1-5H3;2-5H,1H3;1-4H;1-6H;4*1-4H;7*1-2H3;1H3;1H3;4*1H2. The maximum Gasteiger partial charge on any atom is 0.454 e. The van der Waals surface area contributed by atoms with Crippen LogP contribution in [0.2, 0.25) is 6.82 Å². The molecule has 1 heterocycles. The van der Waals surface area contributed by atoms with Gasteiger partial charge in [0.15, 0.2) is 0 Å². The van der Waals surface area contributed by atoms with Crippen LogP contribution in [0.5, 0.6) is 0 Å². The van der Waals surface area contributed by atoms with E-state index in [0.717, 1.165) is 26.9 Å². The smallest absolute Gasteiger partial charge is 0.403 e. The number of benzene rings is 10. The molecule has 9 nitrogen and oxygen atoms in total. The number of nitrogens with zero attached hydrogens (tertiary/aromatic N) is 2. The SMILES string of the molecule is CB1OC(C)(C)C(C)(C)O1.CBr.CC.CC.CC.CC.CC.CC.CC.Cc1ccccc1[N+](=O)[O-].N.O=[N+]([O-])c1ccccc1Br.S.S.S.S.c1c#cc2ccccc2c#1.c1ccc(P(c2ccccc2)c2ccccc2)cc1.c1ccc2ccccc2c#1.c1ccc2ccccc2c#1.c1ccc2ccccc2c#1.c1ccccc#1.c1ccccc#1.c1ccccc#1.c1ccccc#1.c1ccccc1. The zero-order valence-corrected chi connectivity index (χ0v) is 93.1. The average Bonchev–Trinajstić information content (AvgIpc) is 1.47. The van der Waals surface area contributed by atoms with Gasteiger partial charge in [-0.1, -0.05) is 483 Å². The second kappa shape index (κ2) is 96.2. The second-order valence-electron chi connectivity index (χ2n) is 25.7. The third-order valence-electron chi connectivity index (χ3n) is 16.6. The fourth-order valence-electron chi connectivity index (χ4n) is 10.2. The van der Waals surface area contributed by atoms with Crippen molar-refractivity contribution in [1.82, 2.24) is 6.15 Å². The molecule has 1 aliphatic rings. The van der Waals surface area contributed by atoms with E-state index in [0.29, 0.717) is 10.0 Å². The molecule has 730 valence electrons. The van der Waals surface area contributed by atoms with Crippen molar-refractivity contribution in [2.75, 3.05) is 5.83 Å². The van der Waals surface area contributed by atoms with Gasteiger partial charge >= 0.3 is 7.12 Å². The Bertz CT molecular complexity index is 4670. The Kier molecular flexibility index (Phi) is 96.1. The molecule has 17 heteroatoms. The van der Waals surface area contributed by atoms with Crippen LogP contribution >= 0.6 is 93.8 Å². The van der Waals surface area contributed by atoms with Crippen LogP contribution in [0.4, 0.5) is 11.4 Å². The maximum absolute atomic E-state index is 10.2. The van der Waals surface area contributed by atoms with Gasteiger partial charge in [0.2, 0.25) is 0 Å². The summed E-state index contributed by atoms with van der Waals surface area (Å²) in [4.78, 5) is 19.6. The molecule has 0 atom stereocenters. The van der Waals surface area contributed by atoms with Gasteiger partial charge in [0.25, 0.3) is 11.4 Å². The van der Waals surface area contributed by atoms with Crippen molar-refractivity contribution in [2.45, 2.75) is 150 Å². The van der Waals surface area contributed by atoms with Crippen LogP contribution in [0, 0.1) is 136 Å². The van der Waals surface area contributed by atoms with E-state index in [4.69, 9.17) is 9.31 Å². The molecule has 3 N–H and O–H groups in total. The summed E-state index contributed by atoms with van der Waals surface area (Å²) in [6, 6.07) is 183. The van der Waals surface area contributed by atoms with Crippen LogP contribution in [0.25, 0.3) is 43.1 Å². The number of nitro groups is 2. The van der Waals surface area contributed by atoms with Crippen LogP contribution in [0.15, 0.2) is 411 Å². The van der Waals surface area contributed by atoms with E-state index >= 15 is 0 Å². The van der Waals surface area contributed by atoms with Crippen molar-refractivity contribution in [3.63, 3.8) is 0 Å². The van der Waals surface area contributed by atoms with E-state index in [1.807, 2.05) is 358 Å². The monoisotopic (exact) mass is 2080 g/mol. The highest BCUT2D eigenvalue weighted by Gasteiger charge is 2.48. The first-order valence-electron chi connectivity index (χ1n) is 45.1. The van der Waals surface area contributed by atoms with Gasteiger partial charge in [-0.25, -0.2) is 0 Å².